The predicted octanol–water partition coefficient (Wildman–Crippen LogP) is 1.49. The van der Waals surface area contributed by atoms with Gasteiger partial charge < -0.3 is 20.5 Å². The number of hydrogen-bond donors (Lipinski definition) is 3. The zero-order chi connectivity index (χ0) is 16.9. The van der Waals surface area contributed by atoms with Crippen molar-refractivity contribution in [3.63, 3.8) is 0 Å². The van der Waals surface area contributed by atoms with Crippen LogP contribution in [0.15, 0.2) is 18.2 Å². The summed E-state index contributed by atoms with van der Waals surface area (Å²) in [5.74, 6) is -1.62. The molecule has 0 saturated carbocycles. The van der Waals surface area contributed by atoms with Crippen LogP contribution in [-0.4, -0.2) is 36.5 Å². The lowest BCUT2D eigenvalue weighted by molar-refractivity contribution is -0.130. The van der Waals surface area contributed by atoms with Crippen molar-refractivity contribution in [2.24, 2.45) is 5.41 Å². The van der Waals surface area contributed by atoms with E-state index in [1.807, 2.05) is 0 Å². The first kappa shape index (κ1) is 17.5. The van der Waals surface area contributed by atoms with Gasteiger partial charge in [-0.25, -0.2) is 4.79 Å². The summed E-state index contributed by atoms with van der Waals surface area (Å²) in [7, 11) is 1.34. The molecule has 0 spiro atoms. The molecule has 0 radical (unpaired) electrons. The molecule has 0 aliphatic carbocycles. The molecule has 7 nitrogen and oxygen atoms in total. The van der Waals surface area contributed by atoms with Crippen molar-refractivity contribution in [1.82, 2.24) is 5.32 Å². The lowest BCUT2D eigenvalue weighted by Gasteiger charge is -2.17. The van der Waals surface area contributed by atoms with Crippen LogP contribution in [0.5, 0.6) is 5.75 Å². The summed E-state index contributed by atoms with van der Waals surface area (Å²) in [6.07, 6.45) is 0. The molecule has 0 aliphatic rings. The van der Waals surface area contributed by atoms with E-state index in [9.17, 15) is 14.4 Å². The van der Waals surface area contributed by atoms with Crippen molar-refractivity contribution >= 4 is 23.5 Å². The Bertz CT molecular complexity index is 590. The van der Waals surface area contributed by atoms with E-state index in [0.29, 0.717) is 5.69 Å². The molecule has 0 unspecified atom stereocenters. The highest BCUT2D eigenvalue weighted by atomic mass is 16.5. The van der Waals surface area contributed by atoms with Gasteiger partial charge >= 0.3 is 5.97 Å². The molecule has 120 valence electrons. The number of rotatable bonds is 5. The number of nitrogens with one attached hydrogen (secondary N) is 2. The largest absolute Gasteiger partial charge is 0.496 e. The van der Waals surface area contributed by atoms with Crippen molar-refractivity contribution in [2.75, 3.05) is 19.0 Å². The number of benzene rings is 1. The second-order valence-corrected chi connectivity index (χ2v) is 5.70. The number of carboxylic acids is 1. The zero-order valence-electron chi connectivity index (χ0n) is 13.0. The fourth-order valence-corrected chi connectivity index (χ4v) is 1.58. The topological polar surface area (TPSA) is 105 Å². The Labute approximate surface area is 128 Å². The average molecular weight is 308 g/mol. The number of carbonyl (C=O) groups excluding carboxylic acids is 2. The molecular formula is C15H20N2O5. The van der Waals surface area contributed by atoms with Crippen LogP contribution in [-0.2, 0) is 9.59 Å². The Morgan fingerprint density at radius 2 is 1.86 bits per heavy atom. The van der Waals surface area contributed by atoms with Crippen LogP contribution in [0.3, 0.4) is 0 Å². The first-order chi connectivity index (χ1) is 10.1. The van der Waals surface area contributed by atoms with Crippen molar-refractivity contribution in [2.45, 2.75) is 20.8 Å². The van der Waals surface area contributed by atoms with Gasteiger partial charge in [0.15, 0.2) is 0 Å². The van der Waals surface area contributed by atoms with Gasteiger partial charge in [-0.2, -0.15) is 0 Å². The Kier molecular flexibility index (Phi) is 5.50. The molecule has 3 N–H and O–H groups in total. The van der Waals surface area contributed by atoms with Gasteiger partial charge in [-0.3, -0.25) is 9.59 Å². The summed E-state index contributed by atoms with van der Waals surface area (Å²) in [5, 5.41) is 14.1. The summed E-state index contributed by atoms with van der Waals surface area (Å²) in [5.41, 5.74) is -0.189. The van der Waals surface area contributed by atoms with E-state index >= 15 is 0 Å². The molecule has 7 heteroatoms. The molecule has 0 aliphatic heterocycles. The zero-order valence-corrected chi connectivity index (χ0v) is 13.0. The molecule has 0 aromatic heterocycles. The maximum absolute atomic E-state index is 11.8. The third kappa shape index (κ3) is 4.76. The van der Waals surface area contributed by atoms with Crippen molar-refractivity contribution < 1.29 is 24.2 Å². The minimum atomic E-state index is -1.12. The highest BCUT2D eigenvalue weighted by Gasteiger charge is 2.21. The smallest absolute Gasteiger partial charge is 0.339 e. The minimum Gasteiger partial charge on any atom is -0.496 e. The minimum absolute atomic E-state index is 0.00142. The molecule has 22 heavy (non-hydrogen) atoms. The fraction of sp³-hybridized carbons (Fsp3) is 0.400. The Hall–Kier alpha value is -2.57. The maximum atomic E-state index is 11.8. The first-order valence-electron chi connectivity index (χ1n) is 6.64. The number of amides is 2. The number of hydrogen-bond acceptors (Lipinski definition) is 4. The number of anilines is 1. The maximum Gasteiger partial charge on any atom is 0.339 e. The third-order valence-electron chi connectivity index (χ3n) is 2.81. The van der Waals surface area contributed by atoms with Gasteiger partial charge in [0.1, 0.15) is 11.3 Å². The quantitative estimate of drug-likeness (QED) is 0.764. The summed E-state index contributed by atoms with van der Waals surface area (Å²) in [4.78, 5) is 34.4. The van der Waals surface area contributed by atoms with Crippen LogP contribution in [0.4, 0.5) is 5.69 Å². The fourth-order valence-electron chi connectivity index (χ4n) is 1.58. The number of methoxy groups -OCH3 is 1. The van der Waals surface area contributed by atoms with E-state index in [4.69, 9.17) is 9.84 Å². The average Bonchev–Trinajstić information content (AvgIpc) is 2.43. The van der Waals surface area contributed by atoms with E-state index in [-0.39, 0.29) is 23.8 Å². The van der Waals surface area contributed by atoms with Crippen molar-refractivity contribution in [3.05, 3.63) is 23.8 Å². The van der Waals surface area contributed by atoms with Crippen LogP contribution in [0.25, 0.3) is 0 Å². The van der Waals surface area contributed by atoms with Crippen LogP contribution >= 0.6 is 0 Å². The molecule has 0 heterocycles. The lowest BCUT2D eigenvalue weighted by atomic mass is 9.96. The molecule has 0 fully saturated rings. The van der Waals surface area contributed by atoms with Gasteiger partial charge in [0.25, 0.3) is 0 Å². The Morgan fingerprint density at radius 1 is 1.23 bits per heavy atom. The second kappa shape index (κ2) is 6.93. The van der Waals surface area contributed by atoms with E-state index < -0.39 is 17.3 Å². The molecular weight excluding hydrogens is 288 g/mol. The predicted molar refractivity (Wildman–Crippen MR) is 81.0 cm³/mol. The van der Waals surface area contributed by atoms with Crippen LogP contribution in [0.1, 0.15) is 31.1 Å². The summed E-state index contributed by atoms with van der Waals surface area (Å²) in [6.45, 7) is 5.07. The van der Waals surface area contributed by atoms with Gasteiger partial charge in [0, 0.05) is 17.2 Å². The van der Waals surface area contributed by atoms with Crippen LogP contribution in [0, 0.1) is 5.41 Å². The third-order valence-corrected chi connectivity index (χ3v) is 2.81. The summed E-state index contributed by atoms with van der Waals surface area (Å²) < 4.78 is 4.97. The van der Waals surface area contributed by atoms with Crippen LogP contribution < -0.4 is 15.4 Å². The van der Waals surface area contributed by atoms with E-state index in [1.165, 1.54) is 25.3 Å². The van der Waals surface area contributed by atoms with E-state index in [2.05, 4.69) is 10.6 Å². The number of aromatic carboxylic acids is 1. The van der Waals surface area contributed by atoms with Gasteiger partial charge in [0.05, 0.1) is 13.7 Å². The molecule has 1 aromatic rings. The lowest BCUT2D eigenvalue weighted by Crippen LogP contribution is -2.39. The van der Waals surface area contributed by atoms with Gasteiger partial charge in [-0.1, -0.05) is 20.8 Å². The molecule has 1 aromatic carbocycles. The first-order valence-corrected chi connectivity index (χ1v) is 6.64. The van der Waals surface area contributed by atoms with Gasteiger partial charge in [0.2, 0.25) is 11.8 Å². The van der Waals surface area contributed by atoms with Gasteiger partial charge in [-0.15, -0.1) is 0 Å². The standard InChI is InChI=1S/C15H20N2O5/c1-15(2,3)14(21)16-8-12(18)17-9-5-6-10(13(19)20)11(7-9)22-4/h5-7H,8H2,1-4H3,(H,16,21)(H,17,18)(H,19,20). The van der Waals surface area contributed by atoms with Gasteiger partial charge in [-0.05, 0) is 12.1 Å². The summed E-state index contributed by atoms with van der Waals surface area (Å²) in [6, 6.07) is 4.20. The normalized spacial score (nSPS) is 10.7. The van der Waals surface area contributed by atoms with Crippen LogP contribution in [0.2, 0.25) is 0 Å². The number of carbonyl (C=O) groups is 3. The van der Waals surface area contributed by atoms with Crippen molar-refractivity contribution in [1.29, 1.82) is 0 Å². The summed E-state index contributed by atoms with van der Waals surface area (Å²) >= 11 is 0. The van der Waals surface area contributed by atoms with E-state index in [1.54, 1.807) is 20.8 Å². The monoisotopic (exact) mass is 308 g/mol. The second-order valence-electron chi connectivity index (χ2n) is 5.70. The molecule has 0 atom stereocenters. The SMILES string of the molecule is COc1cc(NC(=O)CNC(=O)C(C)(C)C)ccc1C(=O)O. The molecule has 0 saturated heterocycles. The molecule has 1 rings (SSSR count). The highest BCUT2D eigenvalue weighted by Crippen LogP contribution is 2.23. The number of ether oxygens (including phenoxy) is 1. The number of carboxylic acid groups (broad SMARTS) is 1. The van der Waals surface area contributed by atoms with E-state index in [0.717, 1.165) is 0 Å². The molecule has 0 bridgehead atoms. The Balaban J connectivity index is 2.69. The molecule has 2 amide bonds. The highest BCUT2D eigenvalue weighted by molar-refractivity contribution is 5.97. The van der Waals surface area contributed by atoms with Crippen molar-refractivity contribution in [3.8, 4) is 5.75 Å². The Morgan fingerprint density at radius 3 is 2.36 bits per heavy atom.